The molecule has 204 valence electrons. The first-order valence-corrected chi connectivity index (χ1v) is 15.0. The number of hydrogen-bond donors (Lipinski definition) is 2. The van der Waals surface area contributed by atoms with Crippen LogP contribution in [0.5, 0.6) is 0 Å². The Morgan fingerprint density at radius 3 is 2.45 bits per heavy atom. The van der Waals surface area contributed by atoms with E-state index in [1.165, 1.54) is 29.1 Å². The highest BCUT2D eigenvalue weighted by molar-refractivity contribution is 7.94. The van der Waals surface area contributed by atoms with Crippen LogP contribution in [0.3, 0.4) is 0 Å². The number of anilines is 1. The molecule has 0 saturated heterocycles. The highest BCUT2D eigenvalue weighted by atomic mass is 32.2. The van der Waals surface area contributed by atoms with Crippen LogP contribution in [-0.2, 0) is 24.9 Å². The van der Waals surface area contributed by atoms with Gasteiger partial charge < -0.3 is 4.90 Å². The van der Waals surface area contributed by atoms with Gasteiger partial charge in [0, 0.05) is 46.4 Å². The molecule has 8 nitrogen and oxygen atoms in total. The van der Waals surface area contributed by atoms with E-state index in [0.717, 1.165) is 54.9 Å². The van der Waals surface area contributed by atoms with Crippen LogP contribution in [0.4, 0.5) is 11.4 Å². The van der Waals surface area contributed by atoms with E-state index in [0.29, 0.717) is 12.5 Å². The summed E-state index contributed by atoms with van der Waals surface area (Å²) in [6.45, 7) is 8.04. The van der Waals surface area contributed by atoms with Crippen molar-refractivity contribution in [1.29, 1.82) is 0 Å². The number of fused-ring (bicyclic) bond motifs is 2. The Morgan fingerprint density at radius 1 is 1.13 bits per heavy atom. The second-order valence-corrected chi connectivity index (χ2v) is 12.0. The van der Waals surface area contributed by atoms with Gasteiger partial charge >= 0.3 is 0 Å². The van der Waals surface area contributed by atoms with Crippen LogP contribution in [0.1, 0.15) is 52.0 Å². The van der Waals surface area contributed by atoms with E-state index < -0.39 is 10.1 Å². The topological polar surface area (TPSA) is 99.3 Å². The Hall–Kier alpha value is -2.47. The molecule has 0 bridgehead atoms. The molecule has 1 saturated carbocycles. The monoisotopic (exact) mass is 559 g/mol. The van der Waals surface area contributed by atoms with Gasteiger partial charge in [0.1, 0.15) is 6.54 Å². The zero-order valence-electron chi connectivity index (χ0n) is 21.9. The van der Waals surface area contributed by atoms with Crippen LogP contribution in [0.2, 0.25) is 0 Å². The summed E-state index contributed by atoms with van der Waals surface area (Å²) in [4.78, 5) is 3.14. The third-order valence-corrected chi connectivity index (χ3v) is 9.04. The fourth-order valence-electron chi connectivity index (χ4n) is 5.62. The lowest BCUT2D eigenvalue weighted by Gasteiger charge is -2.39. The largest absolute Gasteiger partial charge is 0.344 e. The fraction of sp³-hybridized carbons (Fsp3) is 0.393. The van der Waals surface area contributed by atoms with Gasteiger partial charge in [-0.3, -0.25) is 4.55 Å². The first-order chi connectivity index (χ1) is 18.2. The molecule has 38 heavy (non-hydrogen) atoms. The Morgan fingerprint density at radius 2 is 1.84 bits per heavy atom. The number of benzene rings is 2. The van der Waals surface area contributed by atoms with Crippen molar-refractivity contribution in [3.05, 3.63) is 72.0 Å². The zero-order chi connectivity index (χ0) is 27.3. The predicted molar refractivity (Wildman–Crippen MR) is 149 cm³/mol. The molecule has 2 N–H and O–H groups in total. The van der Waals surface area contributed by atoms with Crippen LogP contribution < -0.4 is 4.90 Å². The van der Waals surface area contributed by atoms with E-state index in [4.69, 9.17) is 9.59 Å². The molecule has 0 atom stereocenters. The van der Waals surface area contributed by atoms with Gasteiger partial charge in [0.25, 0.3) is 10.1 Å². The van der Waals surface area contributed by atoms with Crippen LogP contribution in [0.15, 0.2) is 76.2 Å². The molecule has 2 aromatic carbocycles. The van der Waals surface area contributed by atoms with Gasteiger partial charge in [-0.05, 0) is 87.4 Å². The van der Waals surface area contributed by atoms with Crippen molar-refractivity contribution < 1.29 is 32.2 Å². The predicted octanol–water partition coefficient (Wildman–Crippen LogP) is 6.52. The van der Waals surface area contributed by atoms with E-state index >= 15 is 0 Å². The molecule has 2 aromatic rings. The molecule has 4 rings (SSSR count). The Balaban J connectivity index is 1.67. The quantitative estimate of drug-likeness (QED) is 0.0894. The van der Waals surface area contributed by atoms with Crippen LogP contribution in [0, 0.1) is 5.92 Å². The molecule has 0 radical (unpaired) electrons. The second-order valence-electron chi connectivity index (χ2n) is 9.75. The minimum Gasteiger partial charge on any atom is -0.344 e. The Labute approximate surface area is 229 Å². The van der Waals surface area contributed by atoms with Crippen LogP contribution in [-0.4, -0.2) is 42.1 Å². The van der Waals surface area contributed by atoms with Gasteiger partial charge in [0.05, 0.1) is 16.9 Å². The van der Waals surface area contributed by atoms with E-state index in [1.54, 1.807) is 12.1 Å². The summed E-state index contributed by atoms with van der Waals surface area (Å²) >= 11 is 0.990. The van der Waals surface area contributed by atoms with Crippen molar-refractivity contribution in [2.75, 3.05) is 18.0 Å². The van der Waals surface area contributed by atoms with Gasteiger partial charge in [-0.15, -0.1) is 4.33 Å². The standard InChI is InChI=1S/C28H34N2O6S2/c1-4-29(22-9-12-24(13-10-22)38(32,33)34)19-7-6-8-27-28(17-15-21(3)16-18-28)25-20-23(37-36-35-31)11-14-26(25)30(27)5-2/h6-14,19-21H,4-5,15-18H2,1-3H3,(H-,31,32,33,34)/p+1. The smallest absolute Gasteiger partial charge is 0.294 e. The van der Waals surface area contributed by atoms with Crippen molar-refractivity contribution in [3.63, 3.8) is 0 Å². The van der Waals surface area contributed by atoms with Gasteiger partial charge in [0.15, 0.2) is 6.21 Å². The lowest BCUT2D eigenvalue weighted by atomic mass is 9.66. The van der Waals surface area contributed by atoms with E-state index in [1.807, 2.05) is 29.9 Å². The summed E-state index contributed by atoms with van der Waals surface area (Å²) in [6.07, 6.45) is 12.7. The summed E-state index contributed by atoms with van der Waals surface area (Å²) in [7, 11) is -4.22. The highest BCUT2D eigenvalue weighted by Crippen LogP contribution is 2.56. The SMILES string of the molecule is CCN1C(=CC=CC=[N+](CC)c2ccc(S(=O)(=O)O)cc2)C2(CCC(C)CC2)c2cc(SOOO)ccc21. The molecule has 10 heteroatoms. The van der Waals surface area contributed by atoms with Gasteiger partial charge in [-0.25, -0.2) is 5.26 Å². The molecular formula is C28H35N2O6S2+. The summed E-state index contributed by atoms with van der Waals surface area (Å²) < 4.78 is 38.7. The first kappa shape index (κ1) is 28.5. The minimum atomic E-state index is -4.22. The molecule has 1 aliphatic heterocycles. The Bertz CT molecular complexity index is 1330. The molecule has 0 unspecified atom stereocenters. The number of rotatable bonds is 9. The second kappa shape index (κ2) is 12.1. The lowest BCUT2D eigenvalue weighted by Crippen LogP contribution is -2.34. The van der Waals surface area contributed by atoms with E-state index in [-0.39, 0.29) is 10.3 Å². The maximum atomic E-state index is 11.4. The molecule has 1 aliphatic carbocycles. The maximum absolute atomic E-state index is 11.4. The average Bonchev–Trinajstić information content (AvgIpc) is 3.16. The van der Waals surface area contributed by atoms with Crippen LogP contribution in [0.25, 0.3) is 0 Å². The van der Waals surface area contributed by atoms with Gasteiger partial charge in [-0.1, -0.05) is 18.0 Å². The Kier molecular flexibility index (Phi) is 9.12. The third kappa shape index (κ3) is 5.90. The summed E-state index contributed by atoms with van der Waals surface area (Å²) in [6, 6.07) is 12.4. The van der Waals surface area contributed by atoms with Crippen molar-refractivity contribution in [3.8, 4) is 0 Å². The normalized spacial score (nSPS) is 23.1. The lowest BCUT2D eigenvalue weighted by molar-refractivity contribution is -0.432. The highest BCUT2D eigenvalue weighted by Gasteiger charge is 2.47. The molecule has 1 heterocycles. The number of likely N-dealkylation sites (N-methyl/N-ethyl adjacent to an activating group) is 1. The molecular weight excluding hydrogens is 524 g/mol. The molecule has 1 fully saturated rings. The van der Waals surface area contributed by atoms with Gasteiger partial charge in [-0.2, -0.15) is 13.0 Å². The van der Waals surface area contributed by atoms with Gasteiger partial charge in [0.2, 0.25) is 5.69 Å². The van der Waals surface area contributed by atoms with Crippen molar-refractivity contribution >= 4 is 39.8 Å². The zero-order valence-corrected chi connectivity index (χ0v) is 23.5. The fourth-order valence-corrected chi connectivity index (χ4v) is 6.50. The first-order valence-electron chi connectivity index (χ1n) is 12.9. The molecule has 0 amide bonds. The third-order valence-electron chi connectivity index (χ3n) is 7.60. The summed E-state index contributed by atoms with van der Waals surface area (Å²) in [5.41, 5.74) is 4.52. The summed E-state index contributed by atoms with van der Waals surface area (Å²) in [5, 5.41) is 12.4. The molecule has 2 aliphatic rings. The summed E-state index contributed by atoms with van der Waals surface area (Å²) in [5.74, 6) is 0.693. The van der Waals surface area contributed by atoms with Crippen LogP contribution >= 0.6 is 12.0 Å². The van der Waals surface area contributed by atoms with E-state index in [2.05, 4.69) is 48.1 Å². The van der Waals surface area contributed by atoms with Crippen molar-refractivity contribution in [2.24, 2.45) is 5.92 Å². The van der Waals surface area contributed by atoms with Crippen molar-refractivity contribution in [1.82, 2.24) is 0 Å². The van der Waals surface area contributed by atoms with Crippen molar-refractivity contribution in [2.45, 2.75) is 61.7 Å². The number of hydrogen-bond acceptors (Lipinski definition) is 7. The number of nitrogens with zero attached hydrogens (tertiary/aromatic N) is 2. The average molecular weight is 560 g/mol. The maximum Gasteiger partial charge on any atom is 0.294 e. The number of allylic oxidation sites excluding steroid dienone is 4. The molecule has 1 spiro atoms. The minimum absolute atomic E-state index is 0.0884. The van der Waals surface area contributed by atoms with E-state index in [9.17, 15) is 13.0 Å². The molecule has 0 aromatic heterocycles.